The Morgan fingerprint density at radius 3 is 2.50 bits per heavy atom. The average molecular weight is 288 g/mol. The molecule has 1 aromatic heterocycles. The fourth-order valence-electron chi connectivity index (χ4n) is 1.22. The molecule has 0 spiro atoms. The maximum Gasteiger partial charge on any atom is 0.418 e. The van der Waals surface area contributed by atoms with Crippen molar-refractivity contribution < 1.29 is 13.6 Å². The number of aromatic nitrogens is 2. The van der Waals surface area contributed by atoms with Gasteiger partial charge in [-0.25, -0.2) is 9.55 Å². The highest BCUT2D eigenvalue weighted by Gasteiger charge is 2.28. The normalized spacial score (nSPS) is 14.3. The van der Waals surface area contributed by atoms with E-state index in [1.54, 1.807) is 6.07 Å². The molecule has 1 heterocycles. The molecule has 0 saturated carbocycles. The summed E-state index contributed by atoms with van der Waals surface area (Å²) in [5.74, 6) is 1.01. The average Bonchev–Trinajstić information content (AvgIpc) is 2.27. The number of nitrogens with zero attached hydrogens (tertiary/aromatic N) is 2. The van der Waals surface area contributed by atoms with Crippen LogP contribution in [0.2, 0.25) is 0 Å². The Morgan fingerprint density at radius 1 is 1.44 bits per heavy atom. The Hall–Kier alpha value is -0.840. The van der Waals surface area contributed by atoms with Crippen LogP contribution in [0, 0.1) is 6.92 Å². The van der Waals surface area contributed by atoms with Gasteiger partial charge in [-0.05, 0) is 13.8 Å². The van der Waals surface area contributed by atoms with Crippen LogP contribution in [-0.4, -0.2) is 21.7 Å². The molecule has 0 amide bonds. The summed E-state index contributed by atoms with van der Waals surface area (Å²) in [5.41, 5.74) is 0.744. The Bertz CT molecular complexity index is 505. The van der Waals surface area contributed by atoms with Gasteiger partial charge in [-0.2, -0.15) is 4.98 Å². The molecule has 1 aromatic rings. The summed E-state index contributed by atoms with van der Waals surface area (Å²) in [6, 6.07) is 1.61. The SMILES string of the molecule is COP(=O)(Oc1cc(C)nc(C(C)C)n1)C(C)=S. The Balaban J connectivity index is 3.11. The van der Waals surface area contributed by atoms with Gasteiger partial charge in [0.2, 0.25) is 5.88 Å². The van der Waals surface area contributed by atoms with E-state index in [-0.39, 0.29) is 16.4 Å². The molecule has 0 aromatic carbocycles. The second-order valence-electron chi connectivity index (χ2n) is 4.15. The fraction of sp³-hybridized carbons (Fsp3) is 0.545. The fourth-order valence-corrected chi connectivity index (χ4v) is 2.36. The molecule has 1 rings (SSSR count). The molecule has 7 heteroatoms. The van der Waals surface area contributed by atoms with Crippen molar-refractivity contribution in [3.05, 3.63) is 17.6 Å². The first-order valence-corrected chi connectivity index (χ1v) is 7.45. The van der Waals surface area contributed by atoms with Crippen molar-refractivity contribution in [2.45, 2.75) is 33.6 Å². The summed E-state index contributed by atoms with van der Waals surface area (Å²) in [7, 11) is -2.12. The predicted molar refractivity (Wildman–Crippen MR) is 74.4 cm³/mol. The smallest absolute Gasteiger partial charge is 0.402 e. The van der Waals surface area contributed by atoms with Crippen LogP contribution in [0.15, 0.2) is 6.07 Å². The molecule has 0 fully saturated rings. The third-order valence-corrected chi connectivity index (χ3v) is 4.55. The van der Waals surface area contributed by atoms with Gasteiger partial charge in [0.15, 0.2) is 0 Å². The molecular weight excluding hydrogens is 271 g/mol. The third-order valence-electron chi connectivity index (χ3n) is 2.20. The van der Waals surface area contributed by atoms with E-state index in [4.69, 9.17) is 21.3 Å². The molecule has 0 aliphatic heterocycles. The summed E-state index contributed by atoms with van der Waals surface area (Å²) < 4.78 is 22.6. The molecule has 0 aliphatic rings. The van der Waals surface area contributed by atoms with Crippen LogP contribution in [0.5, 0.6) is 5.88 Å². The lowest BCUT2D eigenvalue weighted by Crippen LogP contribution is -2.06. The van der Waals surface area contributed by atoms with Gasteiger partial charge in [0.05, 0.1) is 0 Å². The van der Waals surface area contributed by atoms with Crippen LogP contribution in [0.4, 0.5) is 0 Å². The van der Waals surface area contributed by atoms with Crippen molar-refractivity contribution in [3.63, 3.8) is 0 Å². The van der Waals surface area contributed by atoms with Gasteiger partial charge >= 0.3 is 7.60 Å². The van der Waals surface area contributed by atoms with E-state index >= 15 is 0 Å². The van der Waals surface area contributed by atoms with Gasteiger partial charge in [-0.15, -0.1) is 0 Å². The molecule has 0 bridgehead atoms. The summed E-state index contributed by atoms with van der Waals surface area (Å²) in [5, 5.41) is 0. The van der Waals surface area contributed by atoms with Crippen LogP contribution < -0.4 is 4.52 Å². The van der Waals surface area contributed by atoms with Gasteiger partial charge < -0.3 is 4.52 Å². The van der Waals surface area contributed by atoms with Crippen molar-refractivity contribution in [1.29, 1.82) is 0 Å². The highest BCUT2D eigenvalue weighted by molar-refractivity contribution is 7.97. The molecule has 5 nitrogen and oxygen atoms in total. The first-order valence-electron chi connectivity index (χ1n) is 5.50. The summed E-state index contributed by atoms with van der Waals surface area (Å²) in [4.78, 5) is 8.48. The molecule has 0 aliphatic carbocycles. The molecule has 100 valence electrons. The molecule has 1 unspecified atom stereocenters. The number of hydrogen-bond donors (Lipinski definition) is 0. The number of thiocarbonyl (C=S) groups is 1. The third kappa shape index (κ3) is 3.57. The van der Waals surface area contributed by atoms with Crippen LogP contribution in [0.25, 0.3) is 0 Å². The topological polar surface area (TPSA) is 61.3 Å². The van der Waals surface area contributed by atoms with E-state index in [0.29, 0.717) is 5.82 Å². The standard InChI is InChI=1S/C11H17N2O3PS/c1-7(2)11-12-8(3)6-10(13-11)16-17(14,15-5)9(4)18/h6-7H,1-5H3. The van der Waals surface area contributed by atoms with Gasteiger partial charge in [-0.1, -0.05) is 26.1 Å². The van der Waals surface area contributed by atoms with E-state index in [1.165, 1.54) is 14.0 Å². The molecule has 0 N–H and O–H groups in total. The lowest BCUT2D eigenvalue weighted by atomic mass is 10.2. The summed E-state index contributed by atoms with van der Waals surface area (Å²) in [6.45, 7) is 7.29. The maximum atomic E-state index is 12.2. The van der Waals surface area contributed by atoms with Crippen LogP contribution in [-0.2, 0) is 9.09 Å². The van der Waals surface area contributed by atoms with E-state index in [1.807, 2.05) is 20.8 Å². The highest BCUT2D eigenvalue weighted by Crippen LogP contribution is 2.48. The van der Waals surface area contributed by atoms with Crippen molar-refractivity contribution in [1.82, 2.24) is 9.97 Å². The van der Waals surface area contributed by atoms with Gasteiger partial charge in [-0.3, -0.25) is 4.52 Å². The monoisotopic (exact) mass is 288 g/mol. The Morgan fingerprint density at radius 2 is 2.06 bits per heavy atom. The minimum atomic E-state index is -3.42. The minimum Gasteiger partial charge on any atom is -0.402 e. The molecule has 0 radical (unpaired) electrons. The number of aryl methyl sites for hydroxylation is 1. The van der Waals surface area contributed by atoms with Crippen molar-refractivity contribution in [2.24, 2.45) is 0 Å². The first-order chi connectivity index (χ1) is 8.28. The Labute approximate surface area is 112 Å². The zero-order valence-corrected chi connectivity index (χ0v) is 12.8. The lowest BCUT2D eigenvalue weighted by molar-refractivity contribution is 0.332. The highest BCUT2D eigenvalue weighted by atomic mass is 32.1. The second-order valence-corrected chi connectivity index (χ2v) is 7.28. The van der Waals surface area contributed by atoms with Crippen LogP contribution >= 0.6 is 19.8 Å². The van der Waals surface area contributed by atoms with Crippen molar-refractivity contribution in [3.8, 4) is 5.88 Å². The quantitative estimate of drug-likeness (QED) is 0.610. The summed E-state index contributed by atoms with van der Waals surface area (Å²) >= 11 is 4.89. The first kappa shape index (κ1) is 15.2. The van der Waals surface area contributed by atoms with Gasteiger partial charge in [0.25, 0.3) is 0 Å². The second kappa shape index (κ2) is 5.87. The maximum absolute atomic E-state index is 12.2. The van der Waals surface area contributed by atoms with Crippen molar-refractivity contribution >= 4 is 24.4 Å². The zero-order chi connectivity index (χ0) is 13.9. The molecular formula is C11H17N2O3PS. The number of hydrogen-bond acceptors (Lipinski definition) is 6. The van der Waals surface area contributed by atoms with E-state index in [0.717, 1.165) is 5.69 Å². The minimum absolute atomic E-state index is 0.155. The molecule has 0 saturated heterocycles. The molecule has 1 atom stereocenters. The Kier molecular flexibility index (Phi) is 4.96. The van der Waals surface area contributed by atoms with E-state index in [2.05, 4.69) is 9.97 Å². The van der Waals surface area contributed by atoms with Gasteiger partial charge in [0.1, 0.15) is 10.4 Å². The summed E-state index contributed by atoms with van der Waals surface area (Å²) in [6.07, 6.45) is 0. The molecule has 18 heavy (non-hydrogen) atoms. The largest absolute Gasteiger partial charge is 0.418 e. The number of rotatable bonds is 5. The van der Waals surface area contributed by atoms with E-state index < -0.39 is 7.60 Å². The predicted octanol–water partition coefficient (Wildman–Crippen LogP) is 3.47. The zero-order valence-electron chi connectivity index (χ0n) is 11.1. The van der Waals surface area contributed by atoms with Crippen LogP contribution in [0.1, 0.15) is 38.2 Å². The van der Waals surface area contributed by atoms with Gasteiger partial charge in [0, 0.05) is 24.8 Å². The lowest BCUT2D eigenvalue weighted by Gasteiger charge is -2.16. The van der Waals surface area contributed by atoms with E-state index in [9.17, 15) is 4.57 Å². The van der Waals surface area contributed by atoms with Crippen molar-refractivity contribution in [2.75, 3.05) is 7.11 Å². The van der Waals surface area contributed by atoms with Crippen LogP contribution in [0.3, 0.4) is 0 Å².